The smallest absolute Gasteiger partial charge is 0.323 e. The van der Waals surface area contributed by atoms with Crippen molar-refractivity contribution in [1.82, 2.24) is 4.90 Å². The van der Waals surface area contributed by atoms with Gasteiger partial charge in [0.05, 0.1) is 4.88 Å². The molecule has 0 spiro atoms. The summed E-state index contributed by atoms with van der Waals surface area (Å²) in [6, 6.07) is 9.68. The molecule has 1 aliphatic carbocycles. The van der Waals surface area contributed by atoms with Crippen molar-refractivity contribution in [2.45, 2.75) is 25.5 Å². The molecule has 1 saturated carbocycles. The number of rotatable bonds is 4. The average Bonchev–Trinajstić information content (AvgIpc) is 3.29. The van der Waals surface area contributed by atoms with E-state index >= 15 is 0 Å². The second kappa shape index (κ2) is 5.38. The summed E-state index contributed by atoms with van der Waals surface area (Å²) in [6.45, 7) is 0.206. The first kappa shape index (κ1) is 14.3. The van der Waals surface area contributed by atoms with Gasteiger partial charge in [-0.25, -0.2) is 0 Å². The molecule has 0 saturated heterocycles. The quantitative estimate of drug-likeness (QED) is 0.936. The molecule has 2 aliphatic rings. The van der Waals surface area contributed by atoms with Crippen molar-refractivity contribution in [1.29, 1.82) is 0 Å². The Morgan fingerprint density at radius 1 is 1.30 bits per heavy atom. The summed E-state index contributed by atoms with van der Waals surface area (Å²) in [5.74, 6) is -0.336. The third-order valence-corrected chi connectivity index (χ3v) is 5.29. The Balaban J connectivity index is 1.68. The number of para-hydroxylation sites is 1. The minimum absolute atomic E-state index is 0.0706. The van der Waals surface area contributed by atoms with E-state index < -0.39 is 5.97 Å². The fourth-order valence-electron chi connectivity index (χ4n) is 2.85. The zero-order valence-corrected chi connectivity index (χ0v) is 13.1. The van der Waals surface area contributed by atoms with E-state index in [2.05, 4.69) is 0 Å². The van der Waals surface area contributed by atoms with Crippen LogP contribution >= 0.6 is 11.3 Å². The molecule has 6 heteroatoms. The van der Waals surface area contributed by atoms with Crippen molar-refractivity contribution in [3.05, 3.63) is 40.8 Å². The van der Waals surface area contributed by atoms with Gasteiger partial charge in [0.15, 0.2) is 0 Å². The highest BCUT2D eigenvalue weighted by molar-refractivity contribution is 7.17. The SMILES string of the molecule is O=C(O)CN(C(=O)c1cc2c(s1)-c1ccccc1OC2)C1CC1. The summed E-state index contributed by atoms with van der Waals surface area (Å²) >= 11 is 1.42. The summed E-state index contributed by atoms with van der Waals surface area (Å²) in [4.78, 5) is 26.9. The number of carbonyl (C=O) groups is 2. The lowest BCUT2D eigenvalue weighted by molar-refractivity contribution is -0.137. The van der Waals surface area contributed by atoms with Crippen LogP contribution < -0.4 is 4.74 Å². The number of thiophene rings is 1. The first-order chi connectivity index (χ1) is 11.1. The van der Waals surface area contributed by atoms with Crippen LogP contribution in [0.4, 0.5) is 0 Å². The van der Waals surface area contributed by atoms with Crippen molar-refractivity contribution in [3.8, 4) is 16.2 Å². The van der Waals surface area contributed by atoms with Crippen LogP contribution in [-0.4, -0.2) is 34.5 Å². The van der Waals surface area contributed by atoms with Crippen LogP contribution in [0.5, 0.6) is 5.75 Å². The van der Waals surface area contributed by atoms with Gasteiger partial charge in [0, 0.05) is 22.0 Å². The highest BCUT2D eigenvalue weighted by Crippen LogP contribution is 2.43. The van der Waals surface area contributed by atoms with Gasteiger partial charge in [-0.05, 0) is 31.0 Å². The van der Waals surface area contributed by atoms with Crippen molar-refractivity contribution >= 4 is 23.2 Å². The maximum atomic E-state index is 12.7. The normalized spacial score (nSPS) is 15.3. The minimum atomic E-state index is -0.972. The molecule has 1 fully saturated rings. The fraction of sp³-hybridized carbons (Fsp3) is 0.294. The van der Waals surface area contributed by atoms with Crippen molar-refractivity contribution in [2.75, 3.05) is 6.54 Å². The van der Waals surface area contributed by atoms with Gasteiger partial charge in [-0.15, -0.1) is 11.3 Å². The number of ether oxygens (including phenoxy) is 1. The third kappa shape index (κ3) is 2.59. The maximum Gasteiger partial charge on any atom is 0.323 e. The van der Waals surface area contributed by atoms with Gasteiger partial charge in [-0.1, -0.05) is 12.1 Å². The summed E-state index contributed by atoms with van der Waals surface area (Å²) < 4.78 is 5.72. The molecule has 1 amide bonds. The molecular weight excluding hydrogens is 314 g/mol. The molecule has 0 bridgehead atoms. The van der Waals surface area contributed by atoms with Gasteiger partial charge in [0.1, 0.15) is 18.9 Å². The number of benzene rings is 1. The number of fused-ring (bicyclic) bond motifs is 3. The van der Waals surface area contributed by atoms with Gasteiger partial charge >= 0.3 is 5.97 Å². The van der Waals surface area contributed by atoms with E-state index in [1.807, 2.05) is 30.3 Å². The third-order valence-electron chi connectivity index (χ3n) is 4.09. The highest BCUT2D eigenvalue weighted by Gasteiger charge is 2.35. The maximum absolute atomic E-state index is 12.7. The van der Waals surface area contributed by atoms with Crippen LogP contribution in [0.15, 0.2) is 30.3 Å². The van der Waals surface area contributed by atoms with Crippen molar-refractivity contribution in [2.24, 2.45) is 0 Å². The lowest BCUT2D eigenvalue weighted by Gasteiger charge is -2.19. The predicted molar refractivity (Wildman–Crippen MR) is 85.8 cm³/mol. The number of carbonyl (C=O) groups excluding carboxylic acids is 1. The number of hydrogen-bond donors (Lipinski definition) is 1. The highest BCUT2D eigenvalue weighted by atomic mass is 32.1. The number of amides is 1. The van der Waals surface area contributed by atoms with Gasteiger partial charge in [-0.3, -0.25) is 9.59 Å². The number of aliphatic carboxylic acids is 1. The Morgan fingerprint density at radius 2 is 2.09 bits per heavy atom. The largest absolute Gasteiger partial charge is 0.488 e. The van der Waals surface area contributed by atoms with Crippen LogP contribution in [0.3, 0.4) is 0 Å². The van der Waals surface area contributed by atoms with E-state index in [4.69, 9.17) is 9.84 Å². The Labute approximate surface area is 137 Å². The Kier molecular flexibility index (Phi) is 3.34. The number of carboxylic acid groups (broad SMARTS) is 1. The molecular formula is C17H15NO4S. The molecule has 118 valence electrons. The molecule has 23 heavy (non-hydrogen) atoms. The molecule has 2 heterocycles. The fourth-order valence-corrected chi connectivity index (χ4v) is 4.00. The lowest BCUT2D eigenvalue weighted by atomic mass is 10.1. The van der Waals surface area contributed by atoms with Crippen molar-refractivity contribution < 1.29 is 19.4 Å². The summed E-state index contributed by atoms with van der Waals surface area (Å²) in [5, 5.41) is 9.04. The number of nitrogens with zero attached hydrogens (tertiary/aromatic N) is 1. The lowest BCUT2D eigenvalue weighted by Crippen LogP contribution is -2.37. The van der Waals surface area contributed by atoms with E-state index in [0.717, 1.165) is 34.6 Å². The topological polar surface area (TPSA) is 66.8 Å². The molecule has 1 aromatic carbocycles. The van der Waals surface area contributed by atoms with Crippen LogP contribution in [0.1, 0.15) is 28.1 Å². The average molecular weight is 329 g/mol. The standard InChI is InChI=1S/C17H15NO4S/c19-15(20)8-18(11-5-6-11)17(21)14-7-10-9-22-13-4-2-1-3-12(13)16(10)23-14/h1-4,7,11H,5-6,8-9H2,(H,19,20). The minimum Gasteiger partial charge on any atom is -0.488 e. The molecule has 1 aliphatic heterocycles. The molecule has 4 rings (SSSR count). The molecule has 0 atom stereocenters. The summed E-state index contributed by atoms with van der Waals surface area (Å²) in [5.41, 5.74) is 1.98. The van der Waals surface area contributed by atoms with Gasteiger partial charge in [0.2, 0.25) is 0 Å². The zero-order chi connectivity index (χ0) is 16.0. The van der Waals surface area contributed by atoms with E-state index in [9.17, 15) is 9.59 Å². The second-order valence-electron chi connectivity index (χ2n) is 5.81. The number of carboxylic acids is 1. The Morgan fingerprint density at radius 3 is 2.83 bits per heavy atom. The summed E-state index contributed by atoms with van der Waals surface area (Å²) in [7, 11) is 0. The van der Waals surface area contributed by atoms with Crippen LogP contribution in [0.2, 0.25) is 0 Å². The number of hydrogen-bond acceptors (Lipinski definition) is 4. The van der Waals surface area contributed by atoms with E-state index in [0.29, 0.717) is 11.5 Å². The van der Waals surface area contributed by atoms with E-state index in [-0.39, 0.29) is 18.5 Å². The summed E-state index contributed by atoms with van der Waals surface area (Å²) in [6.07, 6.45) is 1.77. The predicted octanol–water partition coefficient (Wildman–Crippen LogP) is 3.00. The molecule has 1 N–H and O–H groups in total. The zero-order valence-electron chi connectivity index (χ0n) is 12.3. The molecule has 0 radical (unpaired) electrons. The van der Waals surface area contributed by atoms with Crippen LogP contribution in [0, 0.1) is 0 Å². The molecule has 2 aromatic rings. The second-order valence-corrected chi connectivity index (χ2v) is 6.86. The van der Waals surface area contributed by atoms with Gasteiger partial charge < -0.3 is 14.7 Å². The Bertz CT molecular complexity index is 794. The van der Waals surface area contributed by atoms with E-state index in [1.54, 1.807) is 0 Å². The molecule has 0 unspecified atom stereocenters. The Hall–Kier alpha value is -2.34. The molecule has 1 aromatic heterocycles. The van der Waals surface area contributed by atoms with Crippen LogP contribution in [0.25, 0.3) is 10.4 Å². The van der Waals surface area contributed by atoms with Gasteiger partial charge in [-0.2, -0.15) is 0 Å². The van der Waals surface area contributed by atoms with Crippen LogP contribution in [-0.2, 0) is 11.4 Å². The monoisotopic (exact) mass is 329 g/mol. The van der Waals surface area contributed by atoms with E-state index in [1.165, 1.54) is 16.2 Å². The first-order valence-corrected chi connectivity index (χ1v) is 8.33. The van der Waals surface area contributed by atoms with Crippen molar-refractivity contribution in [3.63, 3.8) is 0 Å². The molecule has 5 nitrogen and oxygen atoms in total. The van der Waals surface area contributed by atoms with Gasteiger partial charge in [0.25, 0.3) is 5.91 Å². The first-order valence-electron chi connectivity index (χ1n) is 7.51.